The molecule has 2 aromatic carbocycles. The molecule has 10 heteroatoms. The first-order chi connectivity index (χ1) is 18.5. The molecule has 0 radical (unpaired) electrons. The Labute approximate surface area is 225 Å². The number of methoxy groups -OCH3 is 1. The van der Waals surface area contributed by atoms with E-state index in [4.69, 9.17) is 9.47 Å². The molecule has 6 rings (SSSR count). The maximum Gasteiger partial charge on any atom is 0.327 e. The van der Waals surface area contributed by atoms with Crippen molar-refractivity contribution in [2.45, 2.75) is 42.1 Å². The molecule has 3 aliphatic rings. The lowest BCUT2D eigenvalue weighted by Gasteiger charge is -2.35. The lowest BCUT2D eigenvalue weighted by molar-refractivity contribution is -0.121. The summed E-state index contributed by atoms with van der Waals surface area (Å²) in [6, 6.07) is 14.3. The molecule has 3 aliphatic heterocycles. The number of thioether (sulfide) groups is 1. The minimum absolute atomic E-state index is 0.0691. The van der Waals surface area contributed by atoms with Crippen LogP contribution in [0.2, 0.25) is 0 Å². The van der Waals surface area contributed by atoms with E-state index in [0.29, 0.717) is 17.2 Å². The van der Waals surface area contributed by atoms with Gasteiger partial charge in [-0.3, -0.25) is 9.69 Å². The van der Waals surface area contributed by atoms with E-state index < -0.39 is 11.3 Å². The number of urea groups is 1. The van der Waals surface area contributed by atoms with Crippen molar-refractivity contribution in [2.75, 3.05) is 25.1 Å². The van der Waals surface area contributed by atoms with E-state index in [2.05, 4.69) is 20.9 Å². The van der Waals surface area contributed by atoms with Gasteiger partial charge in [-0.1, -0.05) is 23.9 Å². The number of aryl methyl sites for hydroxylation is 1. The third-order valence-electron chi connectivity index (χ3n) is 7.11. The largest absolute Gasteiger partial charge is 0.493 e. The molecule has 2 unspecified atom stereocenters. The number of aromatic nitrogens is 1. The molecule has 0 saturated carbocycles. The van der Waals surface area contributed by atoms with Crippen molar-refractivity contribution >= 4 is 35.1 Å². The normalized spacial score (nSPS) is 21.9. The highest BCUT2D eigenvalue weighted by atomic mass is 32.2. The second kappa shape index (κ2) is 10.2. The topological polar surface area (TPSA) is 105 Å². The maximum absolute atomic E-state index is 13.5. The molecule has 3 N–H and O–H groups in total. The summed E-state index contributed by atoms with van der Waals surface area (Å²) in [5.74, 6) is 1.81. The van der Waals surface area contributed by atoms with E-state index in [0.717, 1.165) is 53.5 Å². The van der Waals surface area contributed by atoms with E-state index in [9.17, 15) is 9.59 Å². The van der Waals surface area contributed by atoms with E-state index in [1.807, 2.05) is 55.5 Å². The minimum Gasteiger partial charge on any atom is -0.493 e. The third-order valence-corrected chi connectivity index (χ3v) is 8.40. The van der Waals surface area contributed by atoms with Gasteiger partial charge in [0, 0.05) is 24.3 Å². The second-order valence-corrected chi connectivity index (χ2v) is 10.7. The molecular weight excluding hydrogens is 502 g/mol. The molecule has 0 bridgehead atoms. The van der Waals surface area contributed by atoms with Crippen LogP contribution in [0, 0.1) is 6.92 Å². The number of nitrogens with zero attached hydrogens (tertiary/aromatic N) is 2. The van der Waals surface area contributed by atoms with Crippen molar-refractivity contribution in [2.24, 2.45) is 0 Å². The van der Waals surface area contributed by atoms with Gasteiger partial charge in [-0.15, -0.1) is 0 Å². The summed E-state index contributed by atoms with van der Waals surface area (Å²) < 4.78 is 11.5. The standard InChI is InChI=1S/C28H29N5O4S/c1-16-14-18(37-22-8-4-3-7-21(22)36-2)9-10-19(16)33-20-11-13-30-27-23(20)24(32-28(33)35)25(38-27)26(34)31-17-6-5-12-29-15-17/h3-4,7-11,13-14,17,24-25,29H,5-6,12,15H2,1-2H3,(H,31,34)(H,32,35)/t17?,24?,25-/m1/s1. The number of carbonyl (C=O) groups excluding carboxylic acids is 2. The highest BCUT2D eigenvalue weighted by molar-refractivity contribution is 8.01. The van der Waals surface area contributed by atoms with Crippen molar-refractivity contribution in [1.82, 2.24) is 20.9 Å². The molecule has 0 aliphatic carbocycles. The molecular formula is C28H29N5O4S. The molecule has 1 aromatic heterocycles. The van der Waals surface area contributed by atoms with Crippen molar-refractivity contribution in [1.29, 1.82) is 0 Å². The van der Waals surface area contributed by atoms with Gasteiger partial charge in [0.2, 0.25) is 5.91 Å². The Hall–Kier alpha value is -3.76. The fourth-order valence-corrected chi connectivity index (χ4v) is 6.53. The van der Waals surface area contributed by atoms with Crippen LogP contribution in [0.3, 0.4) is 0 Å². The van der Waals surface area contributed by atoms with E-state index in [1.165, 1.54) is 11.8 Å². The molecule has 196 valence electrons. The summed E-state index contributed by atoms with van der Waals surface area (Å²) in [5, 5.41) is 9.89. The quantitative estimate of drug-likeness (QED) is 0.432. The van der Waals surface area contributed by atoms with Gasteiger partial charge in [0.25, 0.3) is 0 Å². The summed E-state index contributed by atoms with van der Waals surface area (Å²) in [4.78, 5) is 33.0. The van der Waals surface area contributed by atoms with Crippen LogP contribution >= 0.6 is 11.8 Å². The first-order valence-corrected chi connectivity index (χ1v) is 13.6. The summed E-state index contributed by atoms with van der Waals surface area (Å²) in [6.45, 7) is 3.68. The minimum atomic E-state index is -0.468. The number of rotatable bonds is 6. The number of benzene rings is 2. The highest BCUT2D eigenvalue weighted by Gasteiger charge is 2.47. The Morgan fingerprint density at radius 1 is 1.16 bits per heavy atom. The number of nitrogens with one attached hydrogen (secondary N) is 3. The number of hydrogen-bond acceptors (Lipinski definition) is 7. The van der Waals surface area contributed by atoms with Crippen molar-refractivity contribution in [3.8, 4) is 17.2 Å². The van der Waals surface area contributed by atoms with Crippen LogP contribution in [0.15, 0.2) is 59.8 Å². The summed E-state index contributed by atoms with van der Waals surface area (Å²) >= 11 is 1.41. The van der Waals surface area contributed by atoms with Gasteiger partial charge in [-0.2, -0.15) is 0 Å². The fraction of sp³-hybridized carbons (Fsp3) is 0.321. The SMILES string of the molecule is COc1ccccc1Oc1ccc(N2C(=O)NC3c4c2ccnc4S[C@H]3C(=O)NC2CCCNC2)c(C)c1. The predicted molar refractivity (Wildman–Crippen MR) is 146 cm³/mol. The lowest BCUT2D eigenvalue weighted by atomic mass is 9.99. The molecule has 4 heterocycles. The van der Waals surface area contributed by atoms with Gasteiger partial charge in [0.15, 0.2) is 11.5 Å². The Bertz CT molecular complexity index is 1390. The van der Waals surface area contributed by atoms with Crippen LogP contribution in [0.25, 0.3) is 0 Å². The van der Waals surface area contributed by atoms with Crippen LogP contribution in [0.1, 0.15) is 30.0 Å². The first-order valence-electron chi connectivity index (χ1n) is 12.7. The van der Waals surface area contributed by atoms with Crippen molar-refractivity contribution < 1.29 is 19.1 Å². The van der Waals surface area contributed by atoms with Gasteiger partial charge < -0.3 is 25.4 Å². The Balaban J connectivity index is 1.27. The zero-order valence-electron chi connectivity index (χ0n) is 21.2. The number of para-hydroxylation sites is 2. The number of amides is 3. The second-order valence-electron chi connectivity index (χ2n) is 9.60. The van der Waals surface area contributed by atoms with Gasteiger partial charge in [0.05, 0.1) is 24.5 Å². The summed E-state index contributed by atoms with van der Waals surface area (Å²) in [7, 11) is 1.60. The average molecular weight is 532 g/mol. The third kappa shape index (κ3) is 4.43. The number of anilines is 2. The van der Waals surface area contributed by atoms with Gasteiger partial charge in [0.1, 0.15) is 16.0 Å². The zero-order valence-corrected chi connectivity index (χ0v) is 22.0. The molecule has 1 fully saturated rings. The molecule has 3 aromatic rings. The van der Waals surface area contributed by atoms with E-state index in [1.54, 1.807) is 18.2 Å². The molecule has 38 heavy (non-hydrogen) atoms. The number of ether oxygens (including phenoxy) is 2. The van der Waals surface area contributed by atoms with E-state index in [-0.39, 0.29) is 18.0 Å². The van der Waals surface area contributed by atoms with Crippen LogP contribution < -0.4 is 30.3 Å². The highest BCUT2D eigenvalue weighted by Crippen LogP contribution is 2.51. The van der Waals surface area contributed by atoms with Crippen LogP contribution in [-0.2, 0) is 4.79 Å². The number of pyridine rings is 1. The van der Waals surface area contributed by atoms with Crippen LogP contribution in [-0.4, -0.2) is 48.4 Å². The zero-order chi connectivity index (χ0) is 26.2. The van der Waals surface area contributed by atoms with Crippen molar-refractivity contribution in [3.63, 3.8) is 0 Å². The monoisotopic (exact) mass is 531 g/mol. The predicted octanol–water partition coefficient (Wildman–Crippen LogP) is 4.44. The molecule has 0 spiro atoms. The van der Waals surface area contributed by atoms with Crippen LogP contribution in [0.4, 0.5) is 16.2 Å². The van der Waals surface area contributed by atoms with Crippen LogP contribution in [0.5, 0.6) is 17.2 Å². The molecule has 1 saturated heterocycles. The smallest absolute Gasteiger partial charge is 0.327 e. The molecule has 3 amide bonds. The summed E-state index contributed by atoms with van der Waals surface area (Å²) in [5.41, 5.74) is 3.22. The van der Waals surface area contributed by atoms with E-state index >= 15 is 0 Å². The van der Waals surface area contributed by atoms with Crippen molar-refractivity contribution in [3.05, 3.63) is 65.9 Å². The Kier molecular flexibility index (Phi) is 6.59. The number of carbonyl (C=O) groups is 2. The maximum atomic E-state index is 13.5. The molecule has 9 nitrogen and oxygen atoms in total. The first kappa shape index (κ1) is 24.6. The van der Waals surface area contributed by atoms with Gasteiger partial charge in [-0.05, 0) is 68.3 Å². The fourth-order valence-electron chi connectivity index (χ4n) is 5.30. The molecule has 3 atom stereocenters. The number of hydrogen-bond donors (Lipinski definition) is 3. The number of piperidine rings is 1. The van der Waals surface area contributed by atoms with Gasteiger partial charge in [-0.25, -0.2) is 9.78 Å². The average Bonchev–Trinajstić information content (AvgIpc) is 3.30. The lowest BCUT2D eigenvalue weighted by Crippen LogP contribution is -2.52. The summed E-state index contributed by atoms with van der Waals surface area (Å²) in [6.07, 6.45) is 3.68. The Morgan fingerprint density at radius 2 is 2.00 bits per heavy atom. The van der Waals surface area contributed by atoms with Gasteiger partial charge >= 0.3 is 6.03 Å². The Morgan fingerprint density at radius 3 is 2.76 bits per heavy atom.